The van der Waals surface area contributed by atoms with Crippen LogP contribution in [0.3, 0.4) is 0 Å². The fourth-order valence-corrected chi connectivity index (χ4v) is 3.08. The van der Waals surface area contributed by atoms with Gasteiger partial charge in [-0.3, -0.25) is 4.79 Å². The van der Waals surface area contributed by atoms with Crippen LogP contribution in [0.1, 0.15) is 28.4 Å². The number of anilines is 1. The first-order chi connectivity index (χ1) is 12.2. The fraction of sp³-hybridized carbons (Fsp3) is 0.381. The summed E-state index contributed by atoms with van der Waals surface area (Å²) < 4.78 is 5.39. The average molecular weight is 338 g/mol. The molecule has 1 heterocycles. The third-order valence-electron chi connectivity index (χ3n) is 4.69. The maximum absolute atomic E-state index is 12.6. The average Bonchev–Trinajstić information content (AvgIpc) is 2.68. The van der Waals surface area contributed by atoms with Crippen molar-refractivity contribution in [1.29, 1.82) is 0 Å². The number of ether oxygens (including phenoxy) is 1. The van der Waals surface area contributed by atoms with Crippen LogP contribution in [0, 0.1) is 0 Å². The Kier molecular flexibility index (Phi) is 5.71. The third-order valence-corrected chi connectivity index (χ3v) is 4.69. The van der Waals surface area contributed by atoms with Crippen LogP contribution >= 0.6 is 0 Å². The molecule has 1 amide bonds. The molecule has 0 unspecified atom stereocenters. The van der Waals surface area contributed by atoms with E-state index in [0.29, 0.717) is 6.54 Å². The number of aryl methyl sites for hydroxylation is 1. The van der Waals surface area contributed by atoms with E-state index >= 15 is 0 Å². The highest BCUT2D eigenvalue weighted by Gasteiger charge is 2.13. The molecule has 2 aromatic carbocycles. The SMILES string of the molecule is CCc1ccc(C(=O)N(C)Cc2ccc(N3CCOCC3)cc2)cc1. The van der Waals surface area contributed by atoms with Gasteiger partial charge in [-0.1, -0.05) is 31.2 Å². The van der Waals surface area contributed by atoms with Gasteiger partial charge in [0.2, 0.25) is 0 Å². The van der Waals surface area contributed by atoms with Gasteiger partial charge in [0, 0.05) is 37.9 Å². The van der Waals surface area contributed by atoms with Crippen molar-refractivity contribution in [3.8, 4) is 0 Å². The molecule has 25 heavy (non-hydrogen) atoms. The van der Waals surface area contributed by atoms with Crippen molar-refractivity contribution in [1.82, 2.24) is 4.90 Å². The molecular weight excluding hydrogens is 312 g/mol. The minimum Gasteiger partial charge on any atom is -0.378 e. The number of morpholine rings is 1. The Morgan fingerprint density at radius 1 is 1.00 bits per heavy atom. The lowest BCUT2D eigenvalue weighted by molar-refractivity contribution is 0.0785. The van der Waals surface area contributed by atoms with Crippen molar-refractivity contribution in [2.45, 2.75) is 19.9 Å². The first-order valence-electron chi connectivity index (χ1n) is 8.93. The largest absolute Gasteiger partial charge is 0.378 e. The van der Waals surface area contributed by atoms with Gasteiger partial charge in [-0.05, 0) is 41.8 Å². The van der Waals surface area contributed by atoms with E-state index < -0.39 is 0 Å². The monoisotopic (exact) mass is 338 g/mol. The minimum absolute atomic E-state index is 0.0555. The van der Waals surface area contributed by atoms with Gasteiger partial charge >= 0.3 is 0 Å². The number of carbonyl (C=O) groups is 1. The molecule has 1 fully saturated rings. The van der Waals surface area contributed by atoms with E-state index in [4.69, 9.17) is 4.74 Å². The minimum atomic E-state index is 0.0555. The first kappa shape index (κ1) is 17.5. The van der Waals surface area contributed by atoms with E-state index in [2.05, 4.69) is 36.1 Å². The van der Waals surface area contributed by atoms with Crippen molar-refractivity contribution in [2.24, 2.45) is 0 Å². The van der Waals surface area contributed by atoms with Gasteiger partial charge in [0.25, 0.3) is 5.91 Å². The summed E-state index contributed by atoms with van der Waals surface area (Å²) in [6.45, 7) is 6.17. The van der Waals surface area contributed by atoms with Crippen LogP contribution in [-0.2, 0) is 17.7 Å². The van der Waals surface area contributed by atoms with Gasteiger partial charge in [-0.2, -0.15) is 0 Å². The van der Waals surface area contributed by atoms with E-state index in [1.807, 2.05) is 31.3 Å². The molecule has 4 nitrogen and oxygen atoms in total. The summed E-state index contributed by atoms with van der Waals surface area (Å²) in [5.74, 6) is 0.0555. The summed E-state index contributed by atoms with van der Waals surface area (Å²) in [5.41, 5.74) is 4.34. The highest BCUT2D eigenvalue weighted by molar-refractivity contribution is 5.94. The fourth-order valence-electron chi connectivity index (χ4n) is 3.08. The highest BCUT2D eigenvalue weighted by atomic mass is 16.5. The molecule has 0 N–H and O–H groups in total. The van der Waals surface area contributed by atoms with Crippen LogP contribution in [0.4, 0.5) is 5.69 Å². The number of benzene rings is 2. The summed E-state index contributed by atoms with van der Waals surface area (Å²) in [6, 6.07) is 16.4. The smallest absolute Gasteiger partial charge is 0.253 e. The van der Waals surface area contributed by atoms with Crippen molar-refractivity contribution in [2.75, 3.05) is 38.3 Å². The second-order valence-corrected chi connectivity index (χ2v) is 6.48. The van der Waals surface area contributed by atoms with E-state index in [9.17, 15) is 4.79 Å². The summed E-state index contributed by atoms with van der Waals surface area (Å²) in [4.78, 5) is 16.7. The van der Waals surface area contributed by atoms with Crippen molar-refractivity contribution in [3.63, 3.8) is 0 Å². The third kappa shape index (κ3) is 4.40. The molecule has 0 atom stereocenters. The lowest BCUT2D eigenvalue weighted by Crippen LogP contribution is -2.36. The quantitative estimate of drug-likeness (QED) is 0.838. The van der Waals surface area contributed by atoms with Crippen LogP contribution in [0.25, 0.3) is 0 Å². The number of carbonyl (C=O) groups excluding carboxylic acids is 1. The molecular formula is C21H26N2O2. The molecule has 0 spiro atoms. The second-order valence-electron chi connectivity index (χ2n) is 6.48. The molecule has 1 saturated heterocycles. The van der Waals surface area contributed by atoms with Crippen molar-refractivity contribution in [3.05, 3.63) is 65.2 Å². The molecule has 3 rings (SSSR count). The predicted molar refractivity (Wildman–Crippen MR) is 101 cm³/mol. The lowest BCUT2D eigenvalue weighted by Gasteiger charge is -2.29. The first-order valence-corrected chi connectivity index (χ1v) is 8.93. The van der Waals surface area contributed by atoms with Crippen LogP contribution in [0.2, 0.25) is 0 Å². The standard InChI is InChI=1S/C21H26N2O2/c1-3-17-4-8-19(9-5-17)21(24)22(2)16-18-6-10-20(11-7-18)23-12-14-25-15-13-23/h4-11H,3,12-16H2,1-2H3. The summed E-state index contributed by atoms with van der Waals surface area (Å²) in [7, 11) is 1.85. The van der Waals surface area contributed by atoms with Crippen molar-refractivity contribution >= 4 is 11.6 Å². The maximum atomic E-state index is 12.6. The molecule has 132 valence electrons. The Balaban J connectivity index is 1.61. The zero-order valence-electron chi connectivity index (χ0n) is 15.1. The Morgan fingerprint density at radius 2 is 1.60 bits per heavy atom. The van der Waals surface area contributed by atoms with E-state index in [-0.39, 0.29) is 5.91 Å². The number of hydrogen-bond acceptors (Lipinski definition) is 3. The van der Waals surface area contributed by atoms with Crippen LogP contribution in [-0.4, -0.2) is 44.2 Å². The summed E-state index contributed by atoms with van der Waals surface area (Å²) in [5, 5.41) is 0. The molecule has 0 saturated carbocycles. The topological polar surface area (TPSA) is 32.8 Å². The molecule has 1 aliphatic heterocycles. The van der Waals surface area contributed by atoms with E-state index in [1.54, 1.807) is 4.90 Å². The predicted octanol–water partition coefficient (Wildman–Crippen LogP) is 3.36. The molecule has 0 aliphatic carbocycles. The van der Waals surface area contributed by atoms with E-state index in [1.165, 1.54) is 11.3 Å². The Bertz CT molecular complexity index is 689. The van der Waals surface area contributed by atoms with Crippen LogP contribution in [0.15, 0.2) is 48.5 Å². The molecule has 0 bridgehead atoms. The van der Waals surface area contributed by atoms with Gasteiger partial charge in [0.1, 0.15) is 0 Å². The second kappa shape index (κ2) is 8.17. The van der Waals surface area contributed by atoms with Crippen molar-refractivity contribution < 1.29 is 9.53 Å². The van der Waals surface area contributed by atoms with Gasteiger partial charge in [-0.15, -0.1) is 0 Å². The normalized spacial score (nSPS) is 14.4. The van der Waals surface area contributed by atoms with Gasteiger partial charge in [-0.25, -0.2) is 0 Å². The number of nitrogens with zero attached hydrogens (tertiary/aromatic N) is 2. The van der Waals surface area contributed by atoms with Crippen LogP contribution < -0.4 is 4.90 Å². The Labute approximate surface area is 150 Å². The summed E-state index contributed by atoms with van der Waals surface area (Å²) >= 11 is 0. The molecule has 0 aromatic heterocycles. The highest BCUT2D eigenvalue weighted by Crippen LogP contribution is 2.18. The maximum Gasteiger partial charge on any atom is 0.253 e. The number of hydrogen-bond donors (Lipinski definition) is 0. The number of amides is 1. The zero-order chi connectivity index (χ0) is 17.6. The molecule has 0 radical (unpaired) electrons. The molecule has 1 aliphatic rings. The molecule has 2 aromatic rings. The van der Waals surface area contributed by atoms with Gasteiger partial charge < -0.3 is 14.5 Å². The molecule has 4 heteroatoms. The Hall–Kier alpha value is -2.33. The lowest BCUT2D eigenvalue weighted by atomic mass is 10.1. The van der Waals surface area contributed by atoms with Crippen LogP contribution in [0.5, 0.6) is 0 Å². The zero-order valence-corrected chi connectivity index (χ0v) is 15.1. The summed E-state index contributed by atoms with van der Waals surface area (Å²) in [6.07, 6.45) is 0.986. The van der Waals surface area contributed by atoms with E-state index in [0.717, 1.165) is 43.9 Å². The van der Waals surface area contributed by atoms with Gasteiger partial charge in [0.15, 0.2) is 0 Å². The number of rotatable bonds is 5. The Morgan fingerprint density at radius 3 is 2.20 bits per heavy atom. The van der Waals surface area contributed by atoms with Gasteiger partial charge in [0.05, 0.1) is 13.2 Å².